The second-order valence-electron chi connectivity index (χ2n) is 7.86. The van der Waals surface area contributed by atoms with E-state index in [9.17, 15) is 4.79 Å². The van der Waals surface area contributed by atoms with Crippen LogP contribution in [0.4, 0.5) is 0 Å². The number of fused-ring (bicyclic) bond motifs is 2. The normalized spacial score (nSPS) is 15.6. The number of benzene rings is 1. The first-order valence-electron chi connectivity index (χ1n) is 9.92. The third-order valence-corrected chi connectivity index (χ3v) is 6.28. The van der Waals surface area contributed by atoms with Crippen LogP contribution in [-0.2, 0) is 0 Å². The van der Waals surface area contributed by atoms with E-state index in [2.05, 4.69) is 53.2 Å². The lowest BCUT2D eigenvalue weighted by atomic mass is 9.89. The summed E-state index contributed by atoms with van der Waals surface area (Å²) in [5.41, 5.74) is 6.48. The van der Waals surface area contributed by atoms with Gasteiger partial charge in [-0.15, -0.1) is 0 Å². The summed E-state index contributed by atoms with van der Waals surface area (Å²) in [4.78, 5) is 26.0. The zero-order chi connectivity index (χ0) is 19.3. The summed E-state index contributed by atoms with van der Waals surface area (Å²) in [5.74, 6) is 0.571. The summed E-state index contributed by atoms with van der Waals surface area (Å²) in [7, 11) is 0. The van der Waals surface area contributed by atoms with Crippen molar-refractivity contribution in [3.8, 4) is 0 Å². The number of aromatic amines is 2. The molecule has 0 unspecified atom stereocenters. The van der Waals surface area contributed by atoms with Crippen LogP contribution >= 0.6 is 0 Å². The molecule has 4 aromatic rings. The van der Waals surface area contributed by atoms with Crippen molar-refractivity contribution in [3.05, 3.63) is 65.1 Å². The van der Waals surface area contributed by atoms with Gasteiger partial charge in [-0.25, -0.2) is 4.98 Å². The zero-order valence-corrected chi connectivity index (χ0v) is 16.2. The molecule has 1 fully saturated rings. The van der Waals surface area contributed by atoms with Gasteiger partial charge in [0, 0.05) is 41.8 Å². The van der Waals surface area contributed by atoms with Gasteiger partial charge < -0.3 is 14.9 Å². The van der Waals surface area contributed by atoms with Crippen molar-refractivity contribution in [1.82, 2.24) is 19.9 Å². The summed E-state index contributed by atoms with van der Waals surface area (Å²) in [6.07, 6.45) is 5.86. The number of aryl methyl sites for hydroxylation is 2. The number of likely N-dealkylation sites (tertiary alicyclic amines) is 1. The van der Waals surface area contributed by atoms with Crippen LogP contribution in [0, 0.1) is 13.8 Å². The van der Waals surface area contributed by atoms with Gasteiger partial charge in [0.15, 0.2) is 0 Å². The highest BCUT2D eigenvalue weighted by molar-refractivity contribution is 5.99. The number of aromatic nitrogens is 3. The highest BCUT2D eigenvalue weighted by Gasteiger charge is 2.27. The maximum Gasteiger partial charge on any atom is 0.270 e. The number of pyridine rings is 1. The topological polar surface area (TPSA) is 64.8 Å². The molecule has 4 heterocycles. The minimum absolute atomic E-state index is 0.104. The van der Waals surface area contributed by atoms with E-state index in [1.165, 1.54) is 22.1 Å². The largest absolute Gasteiger partial charge is 0.351 e. The Labute approximate surface area is 163 Å². The molecule has 0 saturated carbocycles. The number of H-pyrrole nitrogens is 2. The molecule has 28 heavy (non-hydrogen) atoms. The Balaban J connectivity index is 1.34. The van der Waals surface area contributed by atoms with Crippen molar-refractivity contribution < 1.29 is 4.79 Å². The number of piperidine rings is 1. The van der Waals surface area contributed by atoms with Gasteiger partial charge in [-0.05, 0) is 73.6 Å². The Morgan fingerprint density at radius 3 is 2.79 bits per heavy atom. The molecule has 1 saturated heterocycles. The number of hydrogen-bond acceptors (Lipinski definition) is 2. The lowest BCUT2D eigenvalue weighted by Crippen LogP contribution is -2.38. The number of carbonyl (C=O) groups excluding carboxylic acids is 1. The van der Waals surface area contributed by atoms with E-state index in [-0.39, 0.29) is 5.91 Å². The van der Waals surface area contributed by atoms with E-state index < -0.39 is 0 Å². The molecular formula is C23H24N4O. The van der Waals surface area contributed by atoms with Gasteiger partial charge >= 0.3 is 0 Å². The van der Waals surface area contributed by atoms with Crippen LogP contribution in [-0.4, -0.2) is 38.8 Å². The summed E-state index contributed by atoms with van der Waals surface area (Å²) in [6, 6.07) is 10.3. The van der Waals surface area contributed by atoms with Crippen LogP contribution in [0.25, 0.3) is 21.9 Å². The average molecular weight is 372 g/mol. The molecule has 5 rings (SSSR count). The third kappa shape index (κ3) is 2.70. The number of amides is 1. The quantitative estimate of drug-likeness (QED) is 0.536. The first-order valence-corrected chi connectivity index (χ1v) is 9.92. The summed E-state index contributed by atoms with van der Waals surface area (Å²) >= 11 is 0. The predicted molar refractivity (Wildman–Crippen MR) is 112 cm³/mol. The standard InChI is InChI=1S/C23H24N4O/c1-14-5-6-20-18(15(14)2)12-21(26-20)23(28)27-10-7-16(8-11-27)19-13-25-22-17(19)4-3-9-24-22/h3-6,9,12-13,16,26H,7-8,10-11H2,1-2H3,(H,24,25). The van der Waals surface area contributed by atoms with Crippen LogP contribution in [0.15, 0.2) is 42.7 Å². The molecule has 0 atom stereocenters. The summed E-state index contributed by atoms with van der Waals surface area (Å²) in [5, 5.41) is 2.35. The molecule has 0 spiro atoms. The molecule has 0 aliphatic carbocycles. The molecule has 1 aromatic carbocycles. The number of nitrogens with zero attached hydrogens (tertiary/aromatic N) is 2. The van der Waals surface area contributed by atoms with Crippen molar-refractivity contribution in [2.24, 2.45) is 0 Å². The number of hydrogen-bond donors (Lipinski definition) is 2. The fraction of sp³-hybridized carbons (Fsp3) is 0.304. The molecule has 2 N–H and O–H groups in total. The fourth-order valence-electron chi connectivity index (χ4n) is 4.45. The second-order valence-corrected chi connectivity index (χ2v) is 7.86. The SMILES string of the molecule is Cc1ccc2[nH]c(C(=O)N3CCC(c4c[nH]c5ncccc45)CC3)cc2c1C. The maximum absolute atomic E-state index is 13.0. The highest BCUT2D eigenvalue weighted by Crippen LogP contribution is 2.33. The second kappa shape index (κ2) is 6.51. The van der Waals surface area contributed by atoms with Crippen LogP contribution < -0.4 is 0 Å². The lowest BCUT2D eigenvalue weighted by molar-refractivity contribution is 0.0708. The molecule has 142 valence electrons. The van der Waals surface area contributed by atoms with E-state index in [0.29, 0.717) is 11.6 Å². The van der Waals surface area contributed by atoms with Gasteiger partial charge in [0.2, 0.25) is 0 Å². The van der Waals surface area contributed by atoms with Crippen molar-refractivity contribution in [1.29, 1.82) is 0 Å². The highest BCUT2D eigenvalue weighted by atomic mass is 16.2. The van der Waals surface area contributed by atoms with Crippen molar-refractivity contribution in [3.63, 3.8) is 0 Å². The van der Waals surface area contributed by atoms with Gasteiger partial charge in [0.25, 0.3) is 5.91 Å². The molecular weight excluding hydrogens is 348 g/mol. The molecule has 0 bridgehead atoms. The van der Waals surface area contributed by atoms with Gasteiger partial charge in [-0.3, -0.25) is 4.79 Å². The fourth-order valence-corrected chi connectivity index (χ4v) is 4.45. The Hall–Kier alpha value is -3.08. The monoisotopic (exact) mass is 372 g/mol. The minimum atomic E-state index is 0.104. The average Bonchev–Trinajstić information content (AvgIpc) is 3.35. The summed E-state index contributed by atoms with van der Waals surface area (Å²) < 4.78 is 0. The van der Waals surface area contributed by atoms with E-state index in [4.69, 9.17) is 0 Å². The molecule has 3 aromatic heterocycles. The predicted octanol–water partition coefficient (Wildman–Crippen LogP) is 4.68. The summed E-state index contributed by atoms with van der Waals surface area (Å²) in [6.45, 7) is 5.78. The maximum atomic E-state index is 13.0. The molecule has 5 heteroatoms. The zero-order valence-electron chi connectivity index (χ0n) is 16.2. The smallest absolute Gasteiger partial charge is 0.270 e. The van der Waals surface area contributed by atoms with E-state index in [1.807, 2.05) is 23.2 Å². The molecule has 1 aliphatic heterocycles. The Morgan fingerprint density at radius 2 is 1.96 bits per heavy atom. The molecule has 1 amide bonds. The van der Waals surface area contributed by atoms with Crippen LogP contribution in [0.1, 0.15) is 45.9 Å². The van der Waals surface area contributed by atoms with Crippen molar-refractivity contribution in [2.45, 2.75) is 32.6 Å². The van der Waals surface area contributed by atoms with Crippen LogP contribution in [0.3, 0.4) is 0 Å². The minimum Gasteiger partial charge on any atom is -0.351 e. The Morgan fingerprint density at radius 1 is 1.14 bits per heavy atom. The van der Waals surface area contributed by atoms with Gasteiger partial charge in [0.1, 0.15) is 11.3 Å². The van der Waals surface area contributed by atoms with Gasteiger partial charge in [-0.1, -0.05) is 6.07 Å². The molecule has 5 nitrogen and oxygen atoms in total. The van der Waals surface area contributed by atoms with E-state index >= 15 is 0 Å². The van der Waals surface area contributed by atoms with Crippen LogP contribution in [0.2, 0.25) is 0 Å². The molecule has 0 radical (unpaired) electrons. The van der Waals surface area contributed by atoms with Gasteiger partial charge in [0.05, 0.1) is 0 Å². The third-order valence-electron chi connectivity index (χ3n) is 6.28. The number of nitrogens with one attached hydrogen (secondary N) is 2. The number of rotatable bonds is 2. The Kier molecular flexibility index (Phi) is 3.97. The lowest BCUT2D eigenvalue weighted by Gasteiger charge is -2.31. The first-order chi connectivity index (χ1) is 13.6. The van der Waals surface area contributed by atoms with Gasteiger partial charge in [-0.2, -0.15) is 0 Å². The Bertz CT molecular complexity index is 1180. The van der Waals surface area contributed by atoms with Crippen molar-refractivity contribution >= 4 is 27.8 Å². The van der Waals surface area contributed by atoms with Crippen LogP contribution in [0.5, 0.6) is 0 Å². The van der Waals surface area contributed by atoms with Crippen molar-refractivity contribution in [2.75, 3.05) is 13.1 Å². The number of carbonyl (C=O) groups is 1. The first kappa shape index (κ1) is 17.0. The van der Waals surface area contributed by atoms with E-state index in [1.54, 1.807) is 0 Å². The van der Waals surface area contributed by atoms with E-state index in [0.717, 1.165) is 42.5 Å². The molecule has 1 aliphatic rings.